The lowest BCUT2D eigenvalue weighted by molar-refractivity contribution is -0.135. The summed E-state index contributed by atoms with van der Waals surface area (Å²) in [5.74, 6) is -0.0758. The van der Waals surface area contributed by atoms with Gasteiger partial charge in [0, 0.05) is 12.4 Å². The minimum atomic E-state index is -0.820. The van der Waals surface area contributed by atoms with E-state index in [1.165, 1.54) is 0 Å². The Balaban J connectivity index is 2.64. The maximum atomic E-state index is 11.8. The Morgan fingerprint density at radius 1 is 1.67 bits per heavy atom. The number of likely N-dealkylation sites (N-methyl/N-ethyl adjacent to an activating group) is 1. The third-order valence-corrected chi connectivity index (χ3v) is 2.79. The molecule has 0 spiro atoms. The smallest absolute Gasteiger partial charge is 0.242 e. The monoisotopic (exact) mass is 227 g/mol. The summed E-state index contributed by atoms with van der Waals surface area (Å²) < 4.78 is 0. The fourth-order valence-corrected chi connectivity index (χ4v) is 1.89. The summed E-state index contributed by atoms with van der Waals surface area (Å²) in [5, 5.41) is 2.97. The number of thiazole rings is 1. The number of nitrogens with zero attached hydrogens (tertiary/aromatic N) is 2. The van der Waals surface area contributed by atoms with Crippen molar-refractivity contribution in [2.75, 3.05) is 7.05 Å². The van der Waals surface area contributed by atoms with E-state index in [4.69, 9.17) is 5.73 Å². The summed E-state index contributed by atoms with van der Waals surface area (Å²) >= 11 is 1.59. The van der Waals surface area contributed by atoms with Gasteiger partial charge in [-0.2, -0.15) is 0 Å². The quantitative estimate of drug-likeness (QED) is 0.842. The van der Waals surface area contributed by atoms with Crippen molar-refractivity contribution in [3.8, 4) is 0 Å². The minimum Gasteiger partial charge on any atom is -0.338 e. The van der Waals surface area contributed by atoms with Crippen LogP contribution in [0.25, 0.3) is 0 Å². The predicted octanol–water partition coefficient (Wildman–Crippen LogP) is 1.15. The first kappa shape index (κ1) is 12.1. The van der Waals surface area contributed by atoms with Gasteiger partial charge in [0.15, 0.2) is 0 Å². The Bertz CT molecular complexity index is 354. The Labute approximate surface area is 94.1 Å². The summed E-state index contributed by atoms with van der Waals surface area (Å²) in [5.41, 5.74) is 5.82. The standard InChI is InChI=1S/C10H17N3OS/c1-7-12-8(6-15-7)5-13(4)9(14)10(2,3)11/h6H,5,11H2,1-4H3. The molecule has 0 bridgehead atoms. The maximum Gasteiger partial charge on any atom is 0.242 e. The molecule has 0 saturated heterocycles. The van der Waals surface area contributed by atoms with Crippen molar-refractivity contribution >= 4 is 17.2 Å². The third kappa shape index (κ3) is 3.28. The second kappa shape index (κ2) is 4.28. The molecule has 15 heavy (non-hydrogen) atoms. The van der Waals surface area contributed by atoms with Crippen molar-refractivity contribution in [1.82, 2.24) is 9.88 Å². The Morgan fingerprint density at radius 3 is 2.67 bits per heavy atom. The van der Waals surface area contributed by atoms with Crippen LogP contribution in [0.2, 0.25) is 0 Å². The van der Waals surface area contributed by atoms with E-state index in [0.717, 1.165) is 10.7 Å². The molecule has 0 atom stereocenters. The average Bonchev–Trinajstić information content (AvgIpc) is 2.48. The molecule has 0 saturated carbocycles. The third-order valence-electron chi connectivity index (χ3n) is 1.96. The highest BCUT2D eigenvalue weighted by molar-refractivity contribution is 7.09. The van der Waals surface area contributed by atoms with Crippen LogP contribution < -0.4 is 5.73 Å². The van der Waals surface area contributed by atoms with Crippen molar-refractivity contribution in [3.05, 3.63) is 16.1 Å². The molecule has 1 rings (SSSR count). The van der Waals surface area contributed by atoms with Crippen LogP contribution in [0.4, 0.5) is 0 Å². The summed E-state index contributed by atoms with van der Waals surface area (Å²) in [6.45, 7) is 5.88. The number of rotatable bonds is 3. The number of amides is 1. The number of hydrogen-bond acceptors (Lipinski definition) is 4. The summed E-state index contributed by atoms with van der Waals surface area (Å²) in [4.78, 5) is 17.7. The first-order valence-electron chi connectivity index (χ1n) is 4.76. The number of aryl methyl sites for hydroxylation is 1. The summed E-state index contributed by atoms with van der Waals surface area (Å²) in [6, 6.07) is 0. The maximum absolute atomic E-state index is 11.8. The normalized spacial score (nSPS) is 11.5. The Kier molecular flexibility index (Phi) is 3.46. The largest absolute Gasteiger partial charge is 0.338 e. The van der Waals surface area contributed by atoms with Gasteiger partial charge in [-0.15, -0.1) is 11.3 Å². The van der Waals surface area contributed by atoms with Crippen LogP contribution in [0.15, 0.2) is 5.38 Å². The molecule has 1 amide bonds. The van der Waals surface area contributed by atoms with E-state index in [1.807, 2.05) is 12.3 Å². The number of nitrogens with two attached hydrogens (primary N) is 1. The second-order valence-corrected chi connectivity index (χ2v) is 5.30. The Hall–Kier alpha value is -0.940. The molecule has 0 aromatic carbocycles. The van der Waals surface area contributed by atoms with Crippen molar-refractivity contribution < 1.29 is 4.79 Å². The van der Waals surface area contributed by atoms with Gasteiger partial charge < -0.3 is 10.6 Å². The topological polar surface area (TPSA) is 59.2 Å². The van der Waals surface area contributed by atoms with Gasteiger partial charge in [0.2, 0.25) is 5.91 Å². The van der Waals surface area contributed by atoms with Gasteiger partial charge in [-0.05, 0) is 20.8 Å². The fraction of sp³-hybridized carbons (Fsp3) is 0.600. The van der Waals surface area contributed by atoms with Gasteiger partial charge in [-0.3, -0.25) is 4.79 Å². The number of carbonyl (C=O) groups is 1. The first-order valence-corrected chi connectivity index (χ1v) is 5.64. The second-order valence-electron chi connectivity index (χ2n) is 4.24. The first-order chi connectivity index (χ1) is 6.80. The van der Waals surface area contributed by atoms with Crippen molar-refractivity contribution in [2.24, 2.45) is 5.73 Å². The highest BCUT2D eigenvalue weighted by Crippen LogP contribution is 2.11. The van der Waals surface area contributed by atoms with Gasteiger partial charge in [-0.1, -0.05) is 0 Å². The molecule has 0 aliphatic carbocycles. The Morgan fingerprint density at radius 2 is 2.27 bits per heavy atom. The molecule has 0 aliphatic heterocycles. The molecule has 0 radical (unpaired) electrons. The van der Waals surface area contributed by atoms with Crippen LogP contribution >= 0.6 is 11.3 Å². The molecule has 5 heteroatoms. The fourth-order valence-electron chi connectivity index (χ4n) is 1.29. The zero-order chi connectivity index (χ0) is 11.6. The van der Waals surface area contributed by atoms with Crippen LogP contribution in [0, 0.1) is 6.92 Å². The van der Waals surface area contributed by atoms with E-state index in [1.54, 1.807) is 37.1 Å². The summed E-state index contributed by atoms with van der Waals surface area (Å²) in [6.07, 6.45) is 0. The van der Waals surface area contributed by atoms with Crippen LogP contribution in [0.5, 0.6) is 0 Å². The molecular weight excluding hydrogens is 210 g/mol. The molecule has 2 N–H and O–H groups in total. The van der Waals surface area contributed by atoms with Crippen molar-refractivity contribution in [1.29, 1.82) is 0 Å². The SMILES string of the molecule is Cc1nc(CN(C)C(=O)C(C)(C)N)cs1. The molecule has 1 aromatic rings. The predicted molar refractivity (Wildman–Crippen MR) is 61.6 cm³/mol. The highest BCUT2D eigenvalue weighted by atomic mass is 32.1. The van der Waals surface area contributed by atoms with Crippen LogP contribution in [-0.4, -0.2) is 28.4 Å². The zero-order valence-corrected chi connectivity index (χ0v) is 10.4. The molecular formula is C10H17N3OS. The van der Waals surface area contributed by atoms with Gasteiger partial charge in [-0.25, -0.2) is 4.98 Å². The minimum absolute atomic E-state index is 0.0758. The molecule has 1 heterocycles. The zero-order valence-electron chi connectivity index (χ0n) is 9.57. The lowest BCUT2D eigenvalue weighted by Gasteiger charge is -2.25. The van der Waals surface area contributed by atoms with Gasteiger partial charge in [0.25, 0.3) is 0 Å². The number of aromatic nitrogens is 1. The number of carbonyl (C=O) groups excluding carboxylic acids is 1. The van der Waals surface area contributed by atoms with Crippen molar-refractivity contribution in [3.63, 3.8) is 0 Å². The average molecular weight is 227 g/mol. The van der Waals surface area contributed by atoms with Crippen LogP contribution in [-0.2, 0) is 11.3 Å². The molecule has 1 aromatic heterocycles. The summed E-state index contributed by atoms with van der Waals surface area (Å²) in [7, 11) is 1.74. The molecule has 0 aliphatic rings. The molecule has 4 nitrogen and oxygen atoms in total. The highest BCUT2D eigenvalue weighted by Gasteiger charge is 2.25. The molecule has 84 valence electrons. The van der Waals surface area contributed by atoms with Crippen molar-refractivity contribution in [2.45, 2.75) is 32.9 Å². The van der Waals surface area contributed by atoms with Crippen LogP contribution in [0.3, 0.4) is 0 Å². The van der Waals surface area contributed by atoms with Crippen LogP contribution in [0.1, 0.15) is 24.5 Å². The molecule has 0 unspecified atom stereocenters. The van der Waals surface area contributed by atoms with Gasteiger partial charge in [0.05, 0.1) is 22.8 Å². The van der Waals surface area contributed by atoms with E-state index < -0.39 is 5.54 Å². The van der Waals surface area contributed by atoms with E-state index in [-0.39, 0.29) is 5.91 Å². The lowest BCUT2D eigenvalue weighted by atomic mass is 10.1. The van der Waals surface area contributed by atoms with Gasteiger partial charge in [0.1, 0.15) is 0 Å². The van der Waals surface area contributed by atoms with Gasteiger partial charge >= 0.3 is 0 Å². The van der Waals surface area contributed by atoms with E-state index in [0.29, 0.717) is 6.54 Å². The molecule has 0 fully saturated rings. The lowest BCUT2D eigenvalue weighted by Crippen LogP contribution is -2.49. The van der Waals surface area contributed by atoms with E-state index in [9.17, 15) is 4.79 Å². The van der Waals surface area contributed by atoms with E-state index in [2.05, 4.69) is 4.98 Å². The van der Waals surface area contributed by atoms with E-state index >= 15 is 0 Å². The number of hydrogen-bond donors (Lipinski definition) is 1.